The molecule has 1 aliphatic rings. The minimum atomic E-state index is 0.652. The van der Waals surface area contributed by atoms with Gasteiger partial charge in [0.1, 0.15) is 0 Å². The van der Waals surface area contributed by atoms with Crippen LogP contribution in [0.1, 0.15) is 66.2 Å². The second-order valence-electron chi connectivity index (χ2n) is 6.42. The van der Waals surface area contributed by atoms with Gasteiger partial charge in [0.15, 0.2) is 0 Å². The van der Waals surface area contributed by atoms with Gasteiger partial charge in [-0.05, 0) is 37.1 Å². The Labute approximate surface area is 102 Å². The van der Waals surface area contributed by atoms with Crippen LogP contribution in [0.2, 0.25) is 0 Å². The lowest BCUT2D eigenvalue weighted by Gasteiger charge is -2.29. The fourth-order valence-corrected chi connectivity index (χ4v) is 2.70. The summed E-state index contributed by atoms with van der Waals surface area (Å²) >= 11 is 0. The van der Waals surface area contributed by atoms with Crippen LogP contribution in [0.4, 0.5) is 0 Å². The van der Waals surface area contributed by atoms with E-state index in [0.29, 0.717) is 6.04 Å². The molecule has 1 saturated carbocycles. The maximum absolute atomic E-state index is 3.58. The van der Waals surface area contributed by atoms with E-state index in [0.717, 1.165) is 17.8 Å². The molecule has 0 aromatic rings. The molecule has 0 spiro atoms. The highest BCUT2D eigenvalue weighted by atomic mass is 14.9. The van der Waals surface area contributed by atoms with Crippen LogP contribution >= 0.6 is 0 Å². The van der Waals surface area contributed by atoms with Gasteiger partial charge in [-0.1, -0.05) is 53.4 Å². The van der Waals surface area contributed by atoms with Crippen molar-refractivity contribution in [1.82, 2.24) is 5.32 Å². The molecule has 0 amide bonds. The van der Waals surface area contributed by atoms with Gasteiger partial charge in [0.2, 0.25) is 0 Å². The maximum Gasteiger partial charge on any atom is 0.00104 e. The molecule has 1 heteroatoms. The predicted molar refractivity (Wildman–Crippen MR) is 72.7 cm³/mol. The molecule has 0 aliphatic heterocycles. The van der Waals surface area contributed by atoms with E-state index in [9.17, 15) is 0 Å². The summed E-state index contributed by atoms with van der Waals surface area (Å²) in [7, 11) is 0. The third-order valence-corrected chi connectivity index (χ3v) is 3.93. The summed E-state index contributed by atoms with van der Waals surface area (Å²) in [6.45, 7) is 10.4. The van der Waals surface area contributed by atoms with Gasteiger partial charge in [0.25, 0.3) is 0 Å². The molecule has 1 rings (SSSR count). The number of hydrogen-bond acceptors (Lipinski definition) is 1. The summed E-state index contributed by atoms with van der Waals surface area (Å²) < 4.78 is 0. The summed E-state index contributed by atoms with van der Waals surface area (Å²) in [5, 5.41) is 3.58. The average Bonchev–Trinajstić information content (AvgIpc) is 2.25. The monoisotopic (exact) mass is 225 g/mol. The van der Waals surface area contributed by atoms with E-state index < -0.39 is 0 Å². The van der Waals surface area contributed by atoms with Crippen LogP contribution in [0.5, 0.6) is 0 Å². The SMILES string of the molecule is CC(C)CCC1CCC(CNC(C)C)CC1. The molecule has 0 unspecified atom stereocenters. The van der Waals surface area contributed by atoms with Crippen molar-refractivity contribution in [3.8, 4) is 0 Å². The van der Waals surface area contributed by atoms with Gasteiger partial charge < -0.3 is 5.32 Å². The third kappa shape index (κ3) is 5.89. The highest BCUT2D eigenvalue weighted by Gasteiger charge is 2.20. The lowest BCUT2D eigenvalue weighted by molar-refractivity contribution is 0.245. The van der Waals surface area contributed by atoms with E-state index in [-0.39, 0.29) is 0 Å². The Balaban J connectivity index is 2.09. The van der Waals surface area contributed by atoms with Gasteiger partial charge in [-0.3, -0.25) is 0 Å². The van der Waals surface area contributed by atoms with E-state index in [2.05, 4.69) is 33.0 Å². The smallest absolute Gasteiger partial charge is 0.00104 e. The molecule has 0 saturated heterocycles. The van der Waals surface area contributed by atoms with Crippen LogP contribution in [-0.4, -0.2) is 12.6 Å². The van der Waals surface area contributed by atoms with Crippen LogP contribution in [-0.2, 0) is 0 Å². The Hall–Kier alpha value is -0.0400. The fraction of sp³-hybridized carbons (Fsp3) is 1.00. The molecule has 0 atom stereocenters. The minimum Gasteiger partial charge on any atom is -0.314 e. The molecular formula is C15H31N. The first-order valence-corrected chi connectivity index (χ1v) is 7.31. The van der Waals surface area contributed by atoms with Crippen LogP contribution in [0, 0.1) is 17.8 Å². The van der Waals surface area contributed by atoms with Crippen LogP contribution < -0.4 is 5.32 Å². The molecule has 0 radical (unpaired) electrons. The molecule has 1 aliphatic carbocycles. The summed E-state index contributed by atoms with van der Waals surface area (Å²) in [5.41, 5.74) is 0. The number of rotatable bonds is 6. The summed E-state index contributed by atoms with van der Waals surface area (Å²) in [6.07, 6.45) is 8.79. The fourth-order valence-electron chi connectivity index (χ4n) is 2.70. The van der Waals surface area contributed by atoms with E-state index in [1.54, 1.807) is 0 Å². The summed E-state index contributed by atoms with van der Waals surface area (Å²) in [5.74, 6) is 2.88. The van der Waals surface area contributed by atoms with Crippen molar-refractivity contribution in [2.75, 3.05) is 6.54 Å². The van der Waals surface area contributed by atoms with Crippen LogP contribution in [0.15, 0.2) is 0 Å². The van der Waals surface area contributed by atoms with Crippen molar-refractivity contribution in [2.24, 2.45) is 17.8 Å². The largest absolute Gasteiger partial charge is 0.314 e. The van der Waals surface area contributed by atoms with E-state index in [4.69, 9.17) is 0 Å². The van der Waals surface area contributed by atoms with Gasteiger partial charge in [0.05, 0.1) is 0 Å². The first-order valence-electron chi connectivity index (χ1n) is 7.31. The topological polar surface area (TPSA) is 12.0 Å². The third-order valence-electron chi connectivity index (χ3n) is 3.93. The average molecular weight is 225 g/mol. The Kier molecular flexibility index (Phi) is 6.41. The molecule has 0 aromatic carbocycles. The summed E-state index contributed by atoms with van der Waals surface area (Å²) in [4.78, 5) is 0. The van der Waals surface area contributed by atoms with E-state index >= 15 is 0 Å². The van der Waals surface area contributed by atoms with Crippen molar-refractivity contribution in [2.45, 2.75) is 72.3 Å². The summed E-state index contributed by atoms with van der Waals surface area (Å²) in [6, 6.07) is 0.652. The number of nitrogens with one attached hydrogen (secondary N) is 1. The Morgan fingerprint density at radius 3 is 2.00 bits per heavy atom. The molecule has 96 valence electrons. The highest BCUT2D eigenvalue weighted by molar-refractivity contribution is 4.75. The van der Waals surface area contributed by atoms with Gasteiger partial charge in [-0.2, -0.15) is 0 Å². The maximum atomic E-state index is 3.58. The van der Waals surface area contributed by atoms with Crippen molar-refractivity contribution in [3.63, 3.8) is 0 Å². The predicted octanol–water partition coefficient (Wildman–Crippen LogP) is 4.23. The van der Waals surface area contributed by atoms with Crippen molar-refractivity contribution in [1.29, 1.82) is 0 Å². The van der Waals surface area contributed by atoms with Crippen molar-refractivity contribution in [3.05, 3.63) is 0 Å². The van der Waals surface area contributed by atoms with Gasteiger partial charge >= 0.3 is 0 Å². The van der Waals surface area contributed by atoms with Crippen molar-refractivity contribution < 1.29 is 0 Å². The molecule has 0 bridgehead atoms. The number of hydrogen-bond donors (Lipinski definition) is 1. The quantitative estimate of drug-likeness (QED) is 0.713. The van der Waals surface area contributed by atoms with Gasteiger partial charge in [0, 0.05) is 6.04 Å². The second kappa shape index (κ2) is 7.32. The van der Waals surface area contributed by atoms with Crippen LogP contribution in [0.3, 0.4) is 0 Å². The van der Waals surface area contributed by atoms with Gasteiger partial charge in [-0.25, -0.2) is 0 Å². The Bertz CT molecular complexity index is 146. The zero-order valence-electron chi connectivity index (χ0n) is 11.8. The van der Waals surface area contributed by atoms with Gasteiger partial charge in [-0.15, -0.1) is 0 Å². The highest BCUT2D eigenvalue weighted by Crippen LogP contribution is 2.32. The molecule has 1 fully saturated rings. The molecular weight excluding hydrogens is 194 g/mol. The second-order valence-corrected chi connectivity index (χ2v) is 6.42. The molecule has 0 aromatic heterocycles. The molecule has 0 heterocycles. The molecule has 1 N–H and O–H groups in total. The molecule has 16 heavy (non-hydrogen) atoms. The first-order chi connectivity index (χ1) is 7.58. The van der Waals surface area contributed by atoms with E-state index in [1.807, 2.05) is 0 Å². The zero-order valence-corrected chi connectivity index (χ0v) is 11.8. The van der Waals surface area contributed by atoms with E-state index in [1.165, 1.54) is 45.1 Å². The molecule has 1 nitrogen and oxygen atoms in total. The van der Waals surface area contributed by atoms with Crippen molar-refractivity contribution >= 4 is 0 Å². The minimum absolute atomic E-state index is 0.652. The normalized spacial score (nSPS) is 26.6. The lowest BCUT2D eigenvalue weighted by Crippen LogP contribution is -2.31. The standard InChI is InChI=1S/C15H31N/c1-12(2)5-6-14-7-9-15(10-8-14)11-16-13(3)4/h12-16H,5-11H2,1-4H3. The lowest BCUT2D eigenvalue weighted by atomic mass is 9.79. The Morgan fingerprint density at radius 1 is 0.938 bits per heavy atom. The Morgan fingerprint density at radius 2 is 1.50 bits per heavy atom. The first kappa shape index (κ1) is 14.0. The van der Waals surface area contributed by atoms with Crippen LogP contribution in [0.25, 0.3) is 0 Å². The zero-order chi connectivity index (χ0) is 12.0.